The molecule has 0 amide bonds. The normalized spacial score (nSPS) is 12.0. The SMILES string of the molecule is CCC(C)(C)CNCc1cc(Cl)cs1. The molecular formula is C11H18ClNS. The summed E-state index contributed by atoms with van der Waals surface area (Å²) in [4.78, 5) is 1.31. The van der Waals surface area contributed by atoms with E-state index in [1.165, 1.54) is 11.3 Å². The molecule has 0 saturated heterocycles. The van der Waals surface area contributed by atoms with Crippen molar-refractivity contribution in [3.63, 3.8) is 0 Å². The Morgan fingerprint density at radius 2 is 2.21 bits per heavy atom. The summed E-state index contributed by atoms with van der Waals surface area (Å²) in [6.07, 6.45) is 1.20. The van der Waals surface area contributed by atoms with Crippen LogP contribution in [0.1, 0.15) is 32.1 Å². The molecule has 0 aliphatic heterocycles. The van der Waals surface area contributed by atoms with Gasteiger partial charge in [-0.1, -0.05) is 32.4 Å². The molecule has 14 heavy (non-hydrogen) atoms. The number of halogens is 1. The summed E-state index contributed by atoms with van der Waals surface area (Å²) < 4.78 is 0. The highest BCUT2D eigenvalue weighted by atomic mass is 35.5. The topological polar surface area (TPSA) is 12.0 Å². The van der Waals surface area contributed by atoms with E-state index in [-0.39, 0.29) is 0 Å². The highest BCUT2D eigenvalue weighted by Crippen LogP contribution is 2.20. The molecule has 1 aromatic heterocycles. The van der Waals surface area contributed by atoms with Crippen molar-refractivity contribution in [2.75, 3.05) is 6.54 Å². The zero-order valence-corrected chi connectivity index (χ0v) is 10.6. The minimum absolute atomic E-state index is 0.390. The fraction of sp³-hybridized carbons (Fsp3) is 0.636. The zero-order chi connectivity index (χ0) is 10.6. The molecule has 0 aromatic carbocycles. The molecule has 0 saturated carbocycles. The summed E-state index contributed by atoms with van der Waals surface area (Å²) in [7, 11) is 0. The molecule has 0 unspecified atom stereocenters. The van der Waals surface area contributed by atoms with Gasteiger partial charge in [-0.3, -0.25) is 0 Å². The number of rotatable bonds is 5. The van der Waals surface area contributed by atoms with Crippen LogP contribution in [0.5, 0.6) is 0 Å². The fourth-order valence-corrected chi connectivity index (χ4v) is 2.14. The molecule has 0 spiro atoms. The van der Waals surface area contributed by atoms with E-state index in [4.69, 9.17) is 11.6 Å². The maximum atomic E-state index is 5.84. The van der Waals surface area contributed by atoms with Crippen molar-refractivity contribution < 1.29 is 0 Å². The van der Waals surface area contributed by atoms with Crippen LogP contribution in [0, 0.1) is 5.41 Å². The van der Waals surface area contributed by atoms with Crippen LogP contribution >= 0.6 is 22.9 Å². The van der Waals surface area contributed by atoms with E-state index in [9.17, 15) is 0 Å². The average molecular weight is 232 g/mol. The van der Waals surface area contributed by atoms with Crippen molar-refractivity contribution >= 4 is 22.9 Å². The summed E-state index contributed by atoms with van der Waals surface area (Å²) in [6, 6.07) is 2.03. The van der Waals surface area contributed by atoms with Crippen molar-refractivity contribution in [3.05, 3.63) is 21.3 Å². The first-order valence-electron chi connectivity index (χ1n) is 4.97. The van der Waals surface area contributed by atoms with Gasteiger partial charge in [0.25, 0.3) is 0 Å². The van der Waals surface area contributed by atoms with Crippen LogP contribution in [0.4, 0.5) is 0 Å². The van der Waals surface area contributed by atoms with Gasteiger partial charge < -0.3 is 5.32 Å². The minimum Gasteiger partial charge on any atom is -0.311 e. The van der Waals surface area contributed by atoms with Gasteiger partial charge in [-0.2, -0.15) is 0 Å². The van der Waals surface area contributed by atoms with E-state index < -0.39 is 0 Å². The molecule has 0 atom stereocenters. The summed E-state index contributed by atoms with van der Waals surface area (Å²) >= 11 is 7.55. The lowest BCUT2D eigenvalue weighted by molar-refractivity contribution is 0.328. The predicted octanol–water partition coefficient (Wildman–Crippen LogP) is 3.93. The molecule has 1 aromatic rings. The summed E-state index contributed by atoms with van der Waals surface area (Å²) in [5, 5.41) is 6.28. The number of hydrogen-bond acceptors (Lipinski definition) is 2. The van der Waals surface area contributed by atoms with Gasteiger partial charge in [-0.25, -0.2) is 0 Å². The molecule has 3 heteroatoms. The monoisotopic (exact) mass is 231 g/mol. The Kier molecular flexibility index (Phi) is 4.42. The highest BCUT2D eigenvalue weighted by molar-refractivity contribution is 7.10. The lowest BCUT2D eigenvalue weighted by Crippen LogP contribution is -2.28. The molecule has 1 heterocycles. The second kappa shape index (κ2) is 5.15. The Labute approximate surface area is 95.5 Å². The smallest absolute Gasteiger partial charge is 0.0516 e. The van der Waals surface area contributed by atoms with Gasteiger partial charge in [0.2, 0.25) is 0 Å². The fourth-order valence-electron chi connectivity index (χ4n) is 1.10. The second-order valence-electron chi connectivity index (χ2n) is 4.35. The van der Waals surface area contributed by atoms with Crippen molar-refractivity contribution in [1.82, 2.24) is 5.32 Å². The number of nitrogens with one attached hydrogen (secondary N) is 1. The molecule has 0 radical (unpaired) electrons. The van der Waals surface area contributed by atoms with E-state index in [0.717, 1.165) is 18.1 Å². The Hall–Kier alpha value is -0.0500. The predicted molar refractivity (Wildman–Crippen MR) is 65.1 cm³/mol. The van der Waals surface area contributed by atoms with Crippen LogP contribution in [-0.2, 0) is 6.54 Å². The lowest BCUT2D eigenvalue weighted by atomic mass is 9.90. The Bertz CT molecular complexity index is 281. The van der Waals surface area contributed by atoms with Gasteiger partial charge in [0.1, 0.15) is 0 Å². The van der Waals surface area contributed by atoms with E-state index in [1.807, 2.05) is 11.4 Å². The van der Waals surface area contributed by atoms with Gasteiger partial charge in [0.05, 0.1) is 5.02 Å². The van der Waals surface area contributed by atoms with E-state index in [1.54, 1.807) is 11.3 Å². The van der Waals surface area contributed by atoms with Crippen molar-refractivity contribution in [2.45, 2.75) is 33.7 Å². The molecule has 0 bridgehead atoms. The molecule has 0 aliphatic rings. The van der Waals surface area contributed by atoms with E-state index >= 15 is 0 Å². The summed E-state index contributed by atoms with van der Waals surface area (Å²) in [5.74, 6) is 0. The molecule has 1 N–H and O–H groups in total. The largest absolute Gasteiger partial charge is 0.311 e. The van der Waals surface area contributed by atoms with Crippen molar-refractivity contribution in [2.24, 2.45) is 5.41 Å². The molecule has 0 fully saturated rings. The average Bonchev–Trinajstić information content (AvgIpc) is 2.51. The third kappa shape index (κ3) is 3.99. The first-order valence-corrected chi connectivity index (χ1v) is 6.23. The van der Waals surface area contributed by atoms with E-state index in [0.29, 0.717) is 5.41 Å². The van der Waals surface area contributed by atoms with Crippen LogP contribution in [0.25, 0.3) is 0 Å². The first-order chi connectivity index (χ1) is 6.53. The van der Waals surface area contributed by atoms with Crippen LogP contribution in [0.2, 0.25) is 5.02 Å². The molecule has 80 valence electrons. The van der Waals surface area contributed by atoms with Gasteiger partial charge in [0, 0.05) is 23.3 Å². The Balaban J connectivity index is 2.28. The Morgan fingerprint density at radius 3 is 2.71 bits per heavy atom. The summed E-state index contributed by atoms with van der Waals surface area (Å²) in [6.45, 7) is 8.77. The maximum Gasteiger partial charge on any atom is 0.0516 e. The highest BCUT2D eigenvalue weighted by Gasteiger charge is 2.13. The third-order valence-electron chi connectivity index (χ3n) is 2.48. The van der Waals surface area contributed by atoms with Gasteiger partial charge >= 0.3 is 0 Å². The number of thiophene rings is 1. The standard InChI is InChI=1S/C11H18ClNS/c1-4-11(2,3)8-13-6-10-5-9(12)7-14-10/h5,7,13H,4,6,8H2,1-3H3. The summed E-state index contributed by atoms with van der Waals surface area (Å²) in [5.41, 5.74) is 0.390. The lowest BCUT2D eigenvalue weighted by Gasteiger charge is -2.22. The van der Waals surface area contributed by atoms with Crippen LogP contribution < -0.4 is 5.32 Å². The first kappa shape index (κ1) is 12.0. The molecule has 1 nitrogen and oxygen atoms in total. The van der Waals surface area contributed by atoms with Gasteiger partial charge in [-0.05, 0) is 17.9 Å². The number of hydrogen-bond donors (Lipinski definition) is 1. The Morgan fingerprint density at radius 1 is 1.50 bits per heavy atom. The van der Waals surface area contributed by atoms with Crippen LogP contribution in [0.3, 0.4) is 0 Å². The van der Waals surface area contributed by atoms with Gasteiger partial charge in [0.15, 0.2) is 0 Å². The quantitative estimate of drug-likeness (QED) is 0.810. The molecular weight excluding hydrogens is 214 g/mol. The molecule has 1 rings (SSSR count). The van der Waals surface area contributed by atoms with Crippen LogP contribution in [0.15, 0.2) is 11.4 Å². The van der Waals surface area contributed by atoms with Gasteiger partial charge in [-0.15, -0.1) is 11.3 Å². The van der Waals surface area contributed by atoms with Crippen LogP contribution in [-0.4, -0.2) is 6.54 Å². The minimum atomic E-state index is 0.390. The second-order valence-corrected chi connectivity index (χ2v) is 5.78. The molecule has 0 aliphatic carbocycles. The van der Waals surface area contributed by atoms with Crippen molar-refractivity contribution in [3.8, 4) is 0 Å². The third-order valence-corrected chi connectivity index (χ3v) is 3.77. The zero-order valence-electron chi connectivity index (χ0n) is 9.06. The van der Waals surface area contributed by atoms with Crippen molar-refractivity contribution in [1.29, 1.82) is 0 Å². The maximum absolute atomic E-state index is 5.84. The van der Waals surface area contributed by atoms with E-state index in [2.05, 4.69) is 26.1 Å².